The van der Waals surface area contributed by atoms with Gasteiger partial charge in [0.15, 0.2) is 0 Å². The van der Waals surface area contributed by atoms with Crippen LogP contribution in [-0.4, -0.2) is 39.9 Å². The van der Waals surface area contributed by atoms with E-state index in [2.05, 4.69) is 15.6 Å². The molecule has 2 aliphatic rings. The van der Waals surface area contributed by atoms with Crippen molar-refractivity contribution < 1.29 is 14.7 Å². The van der Waals surface area contributed by atoms with E-state index in [1.807, 2.05) is 0 Å². The van der Waals surface area contributed by atoms with Crippen LogP contribution in [0.3, 0.4) is 0 Å². The monoisotopic (exact) mass is 490 g/mol. The number of hydrogen-bond donors (Lipinski definition) is 5. The van der Waals surface area contributed by atoms with Gasteiger partial charge < -0.3 is 15.7 Å². The standard InChI is InChI=1S/C27H30N4O5/c28-23(29-14-7-3-1-4-8-14)22-19(27(35)36)13-18(26(34)30-15-9-5-2-6-10-15)20-16-11-12-17(21(20)22)25(33)31-24(16)32/h11-15H,1-10H2,(H2,28,29)(H,30,34)(H,35,36)(H,31,32,33). The molecule has 2 bridgehead atoms. The Morgan fingerprint density at radius 3 is 1.89 bits per heavy atom. The van der Waals surface area contributed by atoms with Crippen molar-refractivity contribution in [2.24, 2.45) is 0 Å². The normalized spacial score (nSPS) is 17.3. The van der Waals surface area contributed by atoms with Crippen LogP contribution in [0.15, 0.2) is 27.8 Å². The lowest BCUT2D eigenvalue weighted by Gasteiger charge is -2.26. The van der Waals surface area contributed by atoms with Gasteiger partial charge in [-0.15, -0.1) is 0 Å². The molecule has 4 aromatic rings. The Kier molecular flexibility index (Phi) is 6.47. The SMILES string of the molecule is N=C(NC1CCCCC1)c1c(C(=O)O)cc(C(=O)NC2CCCCC2)c2c3ccc(c(=O)[nH]c3=O)c12. The third-order valence-corrected chi connectivity index (χ3v) is 7.62. The van der Waals surface area contributed by atoms with E-state index in [-0.39, 0.29) is 56.2 Å². The van der Waals surface area contributed by atoms with E-state index in [0.717, 1.165) is 64.2 Å². The Balaban J connectivity index is 1.75. The molecule has 9 heteroatoms. The number of amidine groups is 1. The lowest BCUT2D eigenvalue weighted by atomic mass is 9.89. The minimum atomic E-state index is -1.31. The molecule has 0 saturated heterocycles. The fourth-order valence-electron chi connectivity index (χ4n) is 5.82. The number of carboxylic acids is 1. The number of rotatable bonds is 5. The van der Waals surface area contributed by atoms with Crippen molar-refractivity contribution in [3.63, 3.8) is 0 Å². The molecule has 0 radical (unpaired) electrons. The number of H-pyrrole nitrogens is 1. The van der Waals surface area contributed by atoms with E-state index in [1.165, 1.54) is 18.2 Å². The van der Waals surface area contributed by atoms with Gasteiger partial charge in [-0.1, -0.05) is 38.5 Å². The zero-order valence-corrected chi connectivity index (χ0v) is 20.0. The van der Waals surface area contributed by atoms with Crippen LogP contribution in [0.4, 0.5) is 0 Å². The molecule has 2 aromatic carbocycles. The predicted octanol–water partition coefficient (Wildman–Crippen LogP) is 3.49. The highest BCUT2D eigenvalue weighted by Crippen LogP contribution is 2.33. The number of fused-ring (bicyclic) bond motifs is 3. The minimum absolute atomic E-state index is 0.0180. The van der Waals surface area contributed by atoms with Gasteiger partial charge in [-0.05, 0) is 43.9 Å². The van der Waals surface area contributed by atoms with Gasteiger partial charge in [0, 0.05) is 44.8 Å². The molecule has 0 aliphatic heterocycles. The van der Waals surface area contributed by atoms with Crippen LogP contribution in [0.25, 0.3) is 21.5 Å². The molecule has 0 atom stereocenters. The topological polar surface area (TPSA) is 152 Å². The molecule has 188 valence electrons. The number of carbonyl (C=O) groups is 2. The van der Waals surface area contributed by atoms with Gasteiger partial charge in [-0.3, -0.25) is 24.8 Å². The maximum Gasteiger partial charge on any atom is 0.336 e. The van der Waals surface area contributed by atoms with Crippen molar-refractivity contribution in [1.29, 1.82) is 5.41 Å². The molecular formula is C27H30N4O5. The Morgan fingerprint density at radius 2 is 1.33 bits per heavy atom. The Labute approximate surface area is 207 Å². The second kappa shape index (κ2) is 9.72. The summed E-state index contributed by atoms with van der Waals surface area (Å²) in [4.78, 5) is 54.0. The summed E-state index contributed by atoms with van der Waals surface area (Å²) in [7, 11) is 0. The predicted molar refractivity (Wildman–Crippen MR) is 138 cm³/mol. The number of benzene rings is 2. The molecule has 0 spiro atoms. The first-order chi connectivity index (χ1) is 17.3. The van der Waals surface area contributed by atoms with E-state index >= 15 is 0 Å². The van der Waals surface area contributed by atoms with Crippen molar-refractivity contribution in [3.8, 4) is 0 Å². The van der Waals surface area contributed by atoms with Crippen LogP contribution < -0.4 is 21.8 Å². The number of aromatic carboxylic acids is 1. The van der Waals surface area contributed by atoms with Crippen molar-refractivity contribution in [2.75, 3.05) is 0 Å². The summed E-state index contributed by atoms with van der Waals surface area (Å²) < 4.78 is 0. The van der Waals surface area contributed by atoms with E-state index in [1.54, 1.807) is 0 Å². The number of nitrogens with one attached hydrogen (secondary N) is 4. The van der Waals surface area contributed by atoms with Gasteiger partial charge in [-0.2, -0.15) is 0 Å². The number of carboxylic acid groups (broad SMARTS) is 1. The van der Waals surface area contributed by atoms with Crippen LogP contribution in [0, 0.1) is 5.41 Å². The molecule has 2 aliphatic carbocycles. The smallest absolute Gasteiger partial charge is 0.336 e. The van der Waals surface area contributed by atoms with Crippen molar-refractivity contribution in [3.05, 3.63) is 55.6 Å². The van der Waals surface area contributed by atoms with Gasteiger partial charge >= 0.3 is 5.97 Å². The first-order valence-corrected chi connectivity index (χ1v) is 12.7. The molecule has 36 heavy (non-hydrogen) atoms. The van der Waals surface area contributed by atoms with E-state index in [0.29, 0.717) is 0 Å². The molecule has 2 fully saturated rings. The lowest BCUT2D eigenvalue weighted by Crippen LogP contribution is -2.38. The Morgan fingerprint density at radius 1 is 0.806 bits per heavy atom. The van der Waals surface area contributed by atoms with Gasteiger partial charge in [0.25, 0.3) is 17.0 Å². The second-order valence-electron chi connectivity index (χ2n) is 10.0. The largest absolute Gasteiger partial charge is 0.478 e. The number of hydrogen-bond acceptors (Lipinski definition) is 5. The molecule has 1 amide bonds. The van der Waals surface area contributed by atoms with Crippen LogP contribution in [-0.2, 0) is 0 Å². The number of carbonyl (C=O) groups excluding carboxylic acids is 1. The third kappa shape index (κ3) is 4.34. The summed E-state index contributed by atoms with van der Waals surface area (Å²) in [5, 5.41) is 25.7. The minimum Gasteiger partial charge on any atom is -0.478 e. The Bertz CT molecular complexity index is 1470. The first-order valence-electron chi connectivity index (χ1n) is 12.7. The summed E-state index contributed by atoms with van der Waals surface area (Å²) >= 11 is 0. The van der Waals surface area contributed by atoms with Crippen LogP contribution in [0.2, 0.25) is 0 Å². The van der Waals surface area contributed by atoms with Crippen LogP contribution in [0.5, 0.6) is 0 Å². The van der Waals surface area contributed by atoms with Crippen molar-refractivity contribution in [2.45, 2.75) is 76.3 Å². The fraction of sp³-hybridized carbons (Fsp3) is 0.444. The summed E-state index contributed by atoms with van der Waals surface area (Å²) in [6.45, 7) is 0. The Hall–Kier alpha value is -3.75. The van der Waals surface area contributed by atoms with E-state index in [9.17, 15) is 24.3 Å². The molecule has 0 unspecified atom stereocenters. The van der Waals surface area contributed by atoms with Crippen LogP contribution >= 0.6 is 0 Å². The fourth-order valence-corrected chi connectivity index (χ4v) is 5.82. The highest BCUT2D eigenvalue weighted by molar-refractivity contribution is 6.27. The first kappa shape index (κ1) is 24.0. The summed E-state index contributed by atoms with van der Waals surface area (Å²) in [5.41, 5.74) is -1.52. The summed E-state index contributed by atoms with van der Waals surface area (Å²) in [5.74, 6) is -1.91. The number of aromatic nitrogens is 1. The molecule has 2 aromatic heterocycles. The lowest BCUT2D eigenvalue weighted by molar-refractivity contribution is 0.0696. The summed E-state index contributed by atoms with van der Waals surface area (Å²) in [6.07, 6.45) is 9.66. The quantitative estimate of drug-likeness (QED) is 0.273. The summed E-state index contributed by atoms with van der Waals surface area (Å²) in [6, 6.07) is 4.18. The van der Waals surface area contributed by atoms with Gasteiger partial charge in [0.1, 0.15) is 5.84 Å². The van der Waals surface area contributed by atoms with E-state index in [4.69, 9.17) is 5.41 Å². The van der Waals surface area contributed by atoms with Gasteiger partial charge in [-0.25, -0.2) is 4.79 Å². The maximum absolute atomic E-state index is 13.5. The van der Waals surface area contributed by atoms with Crippen molar-refractivity contribution in [1.82, 2.24) is 15.6 Å². The second-order valence-corrected chi connectivity index (χ2v) is 10.0. The highest BCUT2D eigenvalue weighted by atomic mass is 16.4. The molecule has 9 nitrogen and oxygen atoms in total. The third-order valence-electron chi connectivity index (χ3n) is 7.62. The number of amides is 1. The maximum atomic E-state index is 13.5. The molecule has 2 heterocycles. The average Bonchev–Trinajstić information content (AvgIpc) is 3.07. The van der Waals surface area contributed by atoms with Crippen LogP contribution in [0.1, 0.15) is 90.5 Å². The zero-order chi connectivity index (χ0) is 25.4. The van der Waals surface area contributed by atoms with Gasteiger partial charge in [0.2, 0.25) is 0 Å². The van der Waals surface area contributed by atoms with E-state index < -0.39 is 23.0 Å². The average molecular weight is 491 g/mol. The van der Waals surface area contributed by atoms with Gasteiger partial charge in [0.05, 0.1) is 5.56 Å². The molecule has 5 N–H and O–H groups in total. The molecule has 2 saturated carbocycles. The van der Waals surface area contributed by atoms with Crippen molar-refractivity contribution >= 4 is 39.3 Å². The number of aromatic amines is 1. The highest BCUT2D eigenvalue weighted by Gasteiger charge is 2.28. The molecule has 6 rings (SSSR count). The molecular weight excluding hydrogens is 460 g/mol. The zero-order valence-electron chi connectivity index (χ0n) is 20.0.